The van der Waals surface area contributed by atoms with Gasteiger partial charge in [-0.1, -0.05) is 0 Å². The number of fused-ring (bicyclic) bond motifs is 3. The van der Waals surface area contributed by atoms with E-state index >= 15 is 4.57 Å². The Hall–Kier alpha value is -6.48. The average molecular weight is 871 g/mol. The normalized spacial score (nSPS) is 16.6. The second-order valence-electron chi connectivity index (χ2n) is 14.4. The third-order valence-electron chi connectivity index (χ3n) is 10.3. The van der Waals surface area contributed by atoms with E-state index < -0.39 is 77.2 Å². The van der Waals surface area contributed by atoms with Crippen molar-refractivity contribution in [3.63, 3.8) is 0 Å². The van der Waals surface area contributed by atoms with Crippen LogP contribution in [0.3, 0.4) is 0 Å². The molecule has 61 heavy (non-hydrogen) atoms. The van der Waals surface area contributed by atoms with Gasteiger partial charge in [-0.25, -0.2) is 44.1 Å². The van der Waals surface area contributed by atoms with Gasteiger partial charge in [0.15, 0.2) is 36.7 Å². The second-order valence-corrected chi connectivity index (χ2v) is 16.3. The number of benzene rings is 6. The van der Waals surface area contributed by atoms with Gasteiger partial charge in [-0.2, -0.15) is 0 Å². The molecule has 0 saturated heterocycles. The van der Waals surface area contributed by atoms with Crippen molar-refractivity contribution in [1.29, 1.82) is 0 Å². The number of hydrogen-bond acceptors (Lipinski definition) is 8. The molecule has 9 rings (SSSR count). The molecule has 0 spiro atoms. The van der Waals surface area contributed by atoms with E-state index in [1.807, 2.05) is 0 Å². The molecular weight excluding hydrogens is 842 g/mol. The Balaban J connectivity index is 1.06. The van der Waals surface area contributed by atoms with Crippen LogP contribution >= 0.6 is 7.60 Å². The van der Waals surface area contributed by atoms with Gasteiger partial charge in [0.05, 0.1) is 25.0 Å². The van der Waals surface area contributed by atoms with E-state index in [4.69, 9.17) is 23.3 Å². The fourth-order valence-corrected chi connectivity index (χ4v) is 9.19. The lowest BCUT2D eigenvalue weighted by Gasteiger charge is -2.32. The molecule has 8 nitrogen and oxygen atoms in total. The predicted octanol–water partition coefficient (Wildman–Crippen LogP) is 10.3. The first-order valence-electron chi connectivity index (χ1n) is 18.4. The average Bonchev–Trinajstić information content (AvgIpc) is 3.19. The van der Waals surface area contributed by atoms with Crippen molar-refractivity contribution in [2.45, 2.75) is 25.4 Å². The summed E-state index contributed by atoms with van der Waals surface area (Å²) in [5.41, 5.74) is -0.475. The van der Waals surface area contributed by atoms with Crippen LogP contribution in [0.4, 0.5) is 50.9 Å². The minimum Gasteiger partial charge on any atom is -0.493 e. The van der Waals surface area contributed by atoms with E-state index in [-0.39, 0.29) is 73.3 Å². The van der Waals surface area contributed by atoms with Crippen molar-refractivity contribution in [1.82, 2.24) is 0 Å². The van der Waals surface area contributed by atoms with Crippen LogP contribution in [0.5, 0.6) is 28.7 Å². The first-order valence-corrected chi connectivity index (χ1v) is 20.0. The van der Waals surface area contributed by atoms with Crippen LogP contribution in [0, 0.1) is 52.4 Å². The maximum absolute atomic E-state index is 15.3. The SMILES string of the molecule is O=P(Oc1ccc2c(c1)CC(c1c(F)cc(F)cc1F)CO2)(Oc1ccc2c(c1)CN(c1c(F)cc(F)cc1F)CO2)c1ccc2c(c1)CN(c1c(F)cc(F)cc1F)CO2. The van der Waals surface area contributed by atoms with Gasteiger partial charge >= 0.3 is 7.60 Å². The minimum atomic E-state index is -4.63. The summed E-state index contributed by atoms with van der Waals surface area (Å²) in [6.45, 7) is -1.09. The van der Waals surface area contributed by atoms with Gasteiger partial charge in [0.1, 0.15) is 69.2 Å². The molecule has 6 aromatic carbocycles. The molecule has 0 aromatic heterocycles. The van der Waals surface area contributed by atoms with Gasteiger partial charge in [-0.05, 0) is 66.6 Å². The number of ether oxygens (including phenoxy) is 3. The monoisotopic (exact) mass is 870 g/mol. The molecule has 0 fully saturated rings. The molecule has 0 aliphatic carbocycles. The van der Waals surface area contributed by atoms with Crippen LogP contribution in [0.25, 0.3) is 0 Å². The van der Waals surface area contributed by atoms with E-state index in [2.05, 4.69) is 0 Å². The summed E-state index contributed by atoms with van der Waals surface area (Å²) in [4.78, 5) is 2.35. The Labute approximate surface area is 340 Å². The van der Waals surface area contributed by atoms with Gasteiger partial charge in [0.2, 0.25) is 0 Å². The molecule has 0 N–H and O–H groups in total. The Bertz CT molecular complexity index is 2600. The molecule has 6 aromatic rings. The number of rotatable bonds is 8. The lowest BCUT2D eigenvalue weighted by Crippen LogP contribution is -2.34. The highest BCUT2D eigenvalue weighted by molar-refractivity contribution is 7.63. The number of hydrogen-bond donors (Lipinski definition) is 0. The molecular formula is C43H28F9N2O6P. The summed E-state index contributed by atoms with van der Waals surface area (Å²) in [5.74, 6) is -10.3. The van der Waals surface area contributed by atoms with Gasteiger partial charge in [-0.15, -0.1) is 0 Å². The molecule has 3 heterocycles. The third-order valence-corrected chi connectivity index (χ3v) is 12.1. The van der Waals surface area contributed by atoms with E-state index in [9.17, 15) is 39.5 Å². The molecule has 0 radical (unpaired) electrons. The predicted molar refractivity (Wildman–Crippen MR) is 202 cm³/mol. The smallest absolute Gasteiger partial charge is 0.462 e. The molecule has 2 atom stereocenters. The third kappa shape index (κ3) is 7.74. The van der Waals surface area contributed by atoms with Crippen LogP contribution in [0.15, 0.2) is 91.0 Å². The second kappa shape index (κ2) is 15.5. The van der Waals surface area contributed by atoms with Crippen molar-refractivity contribution in [2.24, 2.45) is 0 Å². The first-order chi connectivity index (χ1) is 29.2. The molecule has 314 valence electrons. The maximum Gasteiger partial charge on any atom is 0.462 e. The Morgan fingerprint density at radius 2 is 0.934 bits per heavy atom. The van der Waals surface area contributed by atoms with Gasteiger partial charge < -0.3 is 33.1 Å². The van der Waals surface area contributed by atoms with Gasteiger partial charge in [0.25, 0.3) is 0 Å². The summed E-state index contributed by atoms with van der Waals surface area (Å²) in [7, 11) is -4.63. The van der Waals surface area contributed by atoms with Crippen LogP contribution in [-0.2, 0) is 24.1 Å². The quantitative estimate of drug-likeness (QED) is 0.111. The fourth-order valence-electron chi connectivity index (χ4n) is 7.59. The summed E-state index contributed by atoms with van der Waals surface area (Å²) in [5, 5.41) is -0.0786. The highest BCUT2D eigenvalue weighted by Crippen LogP contribution is 2.50. The first kappa shape index (κ1) is 40.0. The maximum atomic E-state index is 15.3. The fraction of sp³-hybridized carbons (Fsp3) is 0.163. The van der Waals surface area contributed by atoms with Crippen molar-refractivity contribution in [3.8, 4) is 28.7 Å². The molecule has 0 amide bonds. The number of anilines is 2. The molecule has 0 bridgehead atoms. The van der Waals surface area contributed by atoms with Crippen LogP contribution < -0.4 is 38.4 Å². The standard InChI is InChI=1S/C43H28F9N2O6P/c44-26-11-32(47)41(33(48)12-26)25-7-22-8-29(1-4-38(22)56-19-25)59-61(55,31-3-6-40-24(10-31)18-54(21-58-40)43-36(51)15-28(46)16-37(43)52)60-30-2-5-39-23(9-30)17-53(20-57-39)42-34(49)13-27(45)14-35(42)50/h1-6,8-16,25H,7,17-21H2. The van der Waals surface area contributed by atoms with E-state index in [1.165, 1.54) is 59.5 Å². The van der Waals surface area contributed by atoms with E-state index in [1.54, 1.807) is 0 Å². The summed E-state index contributed by atoms with van der Waals surface area (Å²) >= 11 is 0. The van der Waals surface area contributed by atoms with Crippen molar-refractivity contribution in [2.75, 3.05) is 29.9 Å². The summed E-state index contributed by atoms with van der Waals surface area (Å²) in [6, 6.07) is 16.1. The van der Waals surface area contributed by atoms with Crippen LogP contribution in [-0.4, -0.2) is 20.1 Å². The molecule has 3 aliphatic rings. The highest BCUT2D eigenvalue weighted by atomic mass is 31.2. The lowest BCUT2D eigenvalue weighted by atomic mass is 9.89. The lowest BCUT2D eigenvalue weighted by molar-refractivity contribution is 0.255. The zero-order valence-electron chi connectivity index (χ0n) is 31.2. The zero-order chi connectivity index (χ0) is 42.7. The Morgan fingerprint density at radius 3 is 1.44 bits per heavy atom. The number of nitrogens with zero attached hydrogens (tertiary/aromatic N) is 2. The van der Waals surface area contributed by atoms with Crippen molar-refractivity contribution in [3.05, 3.63) is 166 Å². The molecule has 0 saturated carbocycles. The molecule has 2 unspecified atom stereocenters. The van der Waals surface area contributed by atoms with E-state index in [0.29, 0.717) is 59.0 Å². The molecule has 3 aliphatic heterocycles. The highest BCUT2D eigenvalue weighted by Gasteiger charge is 2.36. The Morgan fingerprint density at radius 1 is 0.508 bits per heavy atom. The topological polar surface area (TPSA) is 69.7 Å². The summed E-state index contributed by atoms with van der Waals surface area (Å²) in [6.07, 6.45) is 0.0102. The zero-order valence-corrected chi connectivity index (χ0v) is 32.1. The van der Waals surface area contributed by atoms with E-state index in [0.717, 1.165) is 4.90 Å². The minimum absolute atomic E-state index is 0.0102. The largest absolute Gasteiger partial charge is 0.493 e. The van der Waals surface area contributed by atoms with Gasteiger partial charge in [-0.3, -0.25) is 0 Å². The van der Waals surface area contributed by atoms with Crippen LogP contribution in [0.2, 0.25) is 0 Å². The number of halogens is 9. The van der Waals surface area contributed by atoms with Crippen molar-refractivity contribution >= 4 is 24.3 Å². The molecule has 18 heteroatoms. The van der Waals surface area contributed by atoms with Crippen LogP contribution in [0.1, 0.15) is 28.2 Å². The van der Waals surface area contributed by atoms with Crippen molar-refractivity contribution < 1.29 is 67.3 Å². The summed E-state index contributed by atoms with van der Waals surface area (Å²) < 4.78 is 175. The van der Waals surface area contributed by atoms with Gasteiger partial charge in [0, 0.05) is 59.0 Å². The Kier molecular flexibility index (Phi) is 10.2.